The van der Waals surface area contributed by atoms with Crippen molar-refractivity contribution in [3.63, 3.8) is 0 Å². The van der Waals surface area contributed by atoms with Crippen LogP contribution in [0.3, 0.4) is 0 Å². The van der Waals surface area contributed by atoms with Crippen LogP contribution in [0.1, 0.15) is 18.4 Å². The molecule has 2 N–H and O–H groups in total. The van der Waals surface area contributed by atoms with E-state index >= 15 is 0 Å². The van der Waals surface area contributed by atoms with Gasteiger partial charge in [-0.25, -0.2) is 4.39 Å². The molecule has 2 aromatic carbocycles. The first-order valence-electron chi connectivity index (χ1n) is 10.7. The van der Waals surface area contributed by atoms with Crippen molar-refractivity contribution >= 4 is 33.9 Å². The number of rotatable bonds is 7. The van der Waals surface area contributed by atoms with E-state index in [0.29, 0.717) is 39.9 Å². The molecule has 7 nitrogen and oxygen atoms in total. The molecule has 174 valence electrons. The summed E-state index contributed by atoms with van der Waals surface area (Å²) in [5, 5.41) is 4.39. The Morgan fingerprint density at radius 2 is 1.94 bits per heavy atom. The van der Waals surface area contributed by atoms with Crippen molar-refractivity contribution in [2.24, 2.45) is 0 Å². The van der Waals surface area contributed by atoms with E-state index in [9.17, 15) is 9.18 Å². The number of H-pyrrole nitrogens is 1. The number of halogens is 1. The third-order valence-electron chi connectivity index (χ3n) is 5.62. The monoisotopic (exact) mass is 471 g/mol. The number of aromatic amines is 1. The van der Waals surface area contributed by atoms with Crippen molar-refractivity contribution < 1.29 is 18.6 Å². The molecule has 33 heavy (non-hydrogen) atoms. The van der Waals surface area contributed by atoms with Crippen molar-refractivity contribution in [1.82, 2.24) is 9.88 Å². The molecule has 2 heterocycles. The normalized spacial score (nSPS) is 15.4. The Labute approximate surface area is 196 Å². The summed E-state index contributed by atoms with van der Waals surface area (Å²) >= 11 is 5.65. The number of methoxy groups -OCH3 is 2. The molecule has 3 aromatic rings. The van der Waals surface area contributed by atoms with Crippen LogP contribution >= 0.6 is 12.2 Å². The summed E-state index contributed by atoms with van der Waals surface area (Å²) in [6.45, 7) is 1.54. The van der Waals surface area contributed by atoms with Crippen molar-refractivity contribution in [2.45, 2.75) is 25.5 Å². The summed E-state index contributed by atoms with van der Waals surface area (Å²) in [5.74, 6) is 0.795. The van der Waals surface area contributed by atoms with Crippen LogP contribution in [0, 0.1) is 5.82 Å². The number of hydrogen-bond acceptors (Lipinski definition) is 5. The van der Waals surface area contributed by atoms with E-state index in [1.165, 1.54) is 12.1 Å². The average Bonchev–Trinajstić information content (AvgIpc) is 3.33. The molecule has 1 fully saturated rings. The molecule has 0 unspecified atom stereocenters. The third-order valence-corrected chi connectivity index (χ3v) is 5.98. The minimum atomic E-state index is -0.322. The second-order valence-electron chi connectivity index (χ2n) is 7.87. The van der Waals surface area contributed by atoms with Gasteiger partial charge in [0.15, 0.2) is 16.6 Å². The molecule has 1 aliphatic heterocycles. The minimum absolute atomic E-state index is 0.0295. The number of fused-ring (bicyclic) bond motifs is 1. The van der Waals surface area contributed by atoms with E-state index < -0.39 is 0 Å². The predicted octanol–water partition coefficient (Wildman–Crippen LogP) is 4.06. The van der Waals surface area contributed by atoms with E-state index in [-0.39, 0.29) is 24.0 Å². The number of nitrogens with zero attached hydrogens (tertiary/aromatic N) is 1. The SMILES string of the molecule is COc1cc2cc(CN(C[C@H]3CCCO3)C(=S)Nc3ccc(F)cc3)c(=O)[nH]c2cc1OC. The highest BCUT2D eigenvalue weighted by Crippen LogP contribution is 2.31. The highest BCUT2D eigenvalue weighted by atomic mass is 32.1. The number of aromatic nitrogens is 1. The maximum absolute atomic E-state index is 13.3. The summed E-state index contributed by atoms with van der Waals surface area (Å²) in [6.07, 6.45) is 1.96. The van der Waals surface area contributed by atoms with Gasteiger partial charge >= 0.3 is 0 Å². The first-order valence-corrected chi connectivity index (χ1v) is 11.1. The van der Waals surface area contributed by atoms with E-state index in [1.54, 1.807) is 32.4 Å². The van der Waals surface area contributed by atoms with Gasteiger partial charge in [-0.05, 0) is 61.5 Å². The number of benzene rings is 2. The lowest BCUT2D eigenvalue weighted by atomic mass is 10.1. The van der Waals surface area contributed by atoms with E-state index in [0.717, 1.165) is 24.8 Å². The predicted molar refractivity (Wildman–Crippen MR) is 130 cm³/mol. The Morgan fingerprint density at radius 1 is 1.21 bits per heavy atom. The second kappa shape index (κ2) is 10.2. The maximum atomic E-state index is 13.3. The van der Waals surface area contributed by atoms with Gasteiger partial charge < -0.3 is 29.4 Å². The van der Waals surface area contributed by atoms with Gasteiger partial charge in [0.1, 0.15) is 5.82 Å². The van der Waals surface area contributed by atoms with Crippen LogP contribution in [0.2, 0.25) is 0 Å². The lowest BCUT2D eigenvalue weighted by molar-refractivity contribution is 0.0904. The minimum Gasteiger partial charge on any atom is -0.493 e. The van der Waals surface area contributed by atoms with Gasteiger partial charge in [-0.3, -0.25) is 4.79 Å². The molecule has 0 aliphatic carbocycles. The Morgan fingerprint density at radius 3 is 2.61 bits per heavy atom. The molecule has 1 aliphatic rings. The summed E-state index contributed by atoms with van der Waals surface area (Å²) < 4.78 is 29.8. The summed E-state index contributed by atoms with van der Waals surface area (Å²) in [6, 6.07) is 11.4. The summed E-state index contributed by atoms with van der Waals surface area (Å²) in [5.41, 5.74) is 1.66. The number of hydrogen-bond donors (Lipinski definition) is 2. The van der Waals surface area contributed by atoms with Crippen LogP contribution in [0.4, 0.5) is 10.1 Å². The summed E-state index contributed by atoms with van der Waals surface area (Å²) in [7, 11) is 3.12. The quantitative estimate of drug-likeness (QED) is 0.503. The van der Waals surface area contributed by atoms with Gasteiger partial charge in [-0.1, -0.05) is 0 Å². The number of thiocarbonyl (C=S) groups is 1. The first kappa shape index (κ1) is 23.0. The van der Waals surface area contributed by atoms with Crippen molar-refractivity contribution in [3.8, 4) is 11.5 Å². The van der Waals surface area contributed by atoms with Crippen LogP contribution in [-0.2, 0) is 11.3 Å². The number of nitrogens with one attached hydrogen (secondary N) is 2. The fourth-order valence-corrected chi connectivity index (χ4v) is 4.15. The van der Waals surface area contributed by atoms with Crippen molar-refractivity contribution in [3.05, 3.63) is 64.2 Å². The van der Waals surface area contributed by atoms with Gasteiger partial charge in [0, 0.05) is 35.9 Å². The molecule has 1 saturated heterocycles. The van der Waals surface area contributed by atoms with Crippen LogP contribution in [0.5, 0.6) is 11.5 Å². The fraction of sp³-hybridized carbons (Fsp3) is 0.333. The largest absolute Gasteiger partial charge is 0.493 e. The molecule has 0 bridgehead atoms. The van der Waals surface area contributed by atoms with E-state index in [2.05, 4.69) is 10.3 Å². The van der Waals surface area contributed by atoms with Gasteiger partial charge in [-0.2, -0.15) is 0 Å². The molecular weight excluding hydrogens is 445 g/mol. The van der Waals surface area contributed by atoms with Gasteiger partial charge in [0.2, 0.25) is 0 Å². The molecule has 1 atom stereocenters. The van der Waals surface area contributed by atoms with Crippen LogP contribution < -0.4 is 20.3 Å². The Kier molecular flexibility index (Phi) is 7.10. The zero-order chi connectivity index (χ0) is 23.4. The van der Waals surface area contributed by atoms with Gasteiger partial charge in [0.25, 0.3) is 5.56 Å². The second-order valence-corrected chi connectivity index (χ2v) is 8.26. The molecule has 0 saturated carbocycles. The number of pyridine rings is 1. The average molecular weight is 472 g/mol. The van der Waals surface area contributed by atoms with E-state index in [1.807, 2.05) is 17.0 Å². The zero-order valence-corrected chi connectivity index (χ0v) is 19.3. The molecule has 0 radical (unpaired) electrons. The Balaban J connectivity index is 1.62. The van der Waals surface area contributed by atoms with Crippen LogP contribution in [0.15, 0.2) is 47.3 Å². The first-order chi connectivity index (χ1) is 16.0. The number of anilines is 1. The lowest BCUT2D eigenvalue weighted by Crippen LogP contribution is -2.40. The highest BCUT2D eigenvalue weighted by molar-refractivity contribution is 7.80. The fourth-order valence-electron chi connectivity index (χ4n) is 3.89. The maximum Gasteiger partial charge on any atom is 0.253 e. The third kappa shape index (κ3) is 5.43. The van der Waals surface area contributed by atoms with Crippen LogP contribution in [0.25, 0.3) is 10.9 Å². The molecule has 1 aromatic heterocycles. The molecule has 0 spiro atoms. The lowest BCUT2D eigenvalue weighted by Gasteiger charge is -2.28. The smallest absolute Gasteiger partial charge is 0.253 e. The van der Waals surface area contributed by atoms with Crippen LogP contribution in [-0.4, -0.2) is 48.5 Å². The standard InChI is InChI=1S/C24H26FN3O4S/c1-30-21-11-15-10-16(23(29)27-20(15)12-22(21)31-2)13-28(14-19-4-3-9-32-19)24(33)26-18-7-5-17(25)6-8-18/h5-8,10-12,19H,3-4,9,13-14H2,1-2H3,(H,26,33)(H,27,29)/t19-/m1/s1. The molecule has 4 rings (SSSR count). The highest BCUT2D eigenvalue weighted by Gasteiger charge is 2.22. The molecule has 0 amide bonds. The zero-order valence-electron chi connectivity index (χ0n) is 18.5. The van der Waals surface area contributed by atoms with Gasteiger partial charge in [0.05, 0.1) is 32.4 Å². The summed E-state index contributed by atoms with van der Waals surface area (Å²) in [4.78, 5) is 17.7. The number of ether oxygens (including phenoxy) is 3. The van der Waals surface area contributed by atoms with Gasteiger partial charge in [-0.15, -0.1) is 0 Å². The molecular formula is C24H26FN3O4S. The van der Waals surface area contributed by atoms with Crippen molar-refractivity contribution in [2.75, 3.05) is 32.7 Å². The van der Waals surface area contributed by atoms with Crippen molar-refractivity contribution in [1.29, 1.82) is 0 Å². The Bertz CT molecular complexity index is 1190. The topological polar surface area (TPSA) is 75.8 Å². The molecule has 9 heteroatoms. The van der Waals surface area contributed by atoms with E-state index in [4.69, 9.17) is 26.4 Å². The Hall–Kier alpha value is -3.17.